The van der Waals surface area contributed by atoms with Gasteiger partial charge in [0, 0.05) is 16.3 Å². The number of ketones is 1. The molecule has 1 aliphatic heterocycles. The number of Topliss-reactive ketones (excluding diaryl/α,β-unsaturated/α-hetero) is 1. The molecule has 2 heterocycles. The third-order valence-corrected chi connectivity index (χ3v) is 10.4. The van der Waals surface area contributed by atoms with Gasteiger partial charge in [-0.2, -0.15) is 0 Å². The Balaban J connectivity index is 1.32. The van der Waals surface area contributed by atoms with Crippen LogP contribution < -0.4 is 9.64 Å². The van der Waals surface area contributed by atoms with Crippen molar-refractivity contribution in [2.75, 3.05) is 4.90 Å². The fourth-order valence-corrected chi connectivity index (χ4v) is 7.38. The summed E-state index contributed by atoms with van der Waals surface area (Å²) >= 11 is 8.73. The number of carbonyl (C=O) groups is 2. The van der Waals surface area contributed by atoms with Crippen molar-refractivity contribution in [2.24, 2.45) is 0 Å². The lowest BCUT2D eigenvalue weighted by atomic mass is 9.85. The number of benzene rings is 4. The van der Waals surface area contributed by atoms with E-state index in [0.717, 1.165) is 22.3 Å². The van der Waals surface area contributed by atoms with E-state index in [9.17, 15) is 14.7 Å². The lowest BCUT2D eigenvalue weighted by Gasteiger charge is -2.24. The zero-order valence-electron chi connectivity index (χ0n) is 26.9. The fraction of sp³-hybridized carbons (Fsp3) is 0.211. The summed E-state index contributed by atoms with van der Waals surface area (Å²) in [7, 11) is 0. The minimum absolute atomic E-state index is 0.0116. The predicted molar refractivity (Wildman–Crippen MR) is 193 cm³/mol. The predicted octanol–water partition coefficient (Wildman–Crippen LogP) is 9.30. The van der Waals surface area contributed by atoms with Gasteiger partial charge in [0.25, 0.3) is 5.78 Å². The van der Waals surface area contributed by atoms with Crippen molar-refractivity contribution in [2.45, 2.75) is 55.9 Å². The number of thioether (sulfide) groups is 1. The van der Waals surface area contributed by atoms with Gasteiger partial charge >= 0.3 is 5.91 Å². The standard InChI is InChI=1S/C38H34ClN3O4S2/c1-23-6-5-7-25(20-23)21-46-30-18-12-27(13-19-30)33(43)31-32(26-10-14-28(15-11-26)38(2,3)4)42(35(45)34(31)44)36-40-41-37(48-36)47-22-24-8-16-29(39)17-9-24/h5-20,32,43H,21-22H2,1-4H3/b33-31+. The van der Waals surface area contributed by atoms with Crippen LogP contribution in [0, 0.1) is 6.92 Å². The summed E-state index contributed by atoms with van der Waals surface area (Å²) in [6, 6.07) is 29.4. The van der Waals surface area contributed by atoms with E-state index in [1.165, 1.54) is 28.0 Å². The molecule has 4 aromatic carbocycles. The van der Waals surface area contributed by atoms with Crippen molar-refractivity contribution in [3.05, 3.63) is 141 Å². The van der Waals surface area contributed by atoms with Crippen LogP contribution >= 0.6 is 34.7 Å². The molecule has 1 amide bonds. The summed E-state index contributed by atoms with van der Waals surface area (Å²) in [5.74, 6) is -0.589. The minimum Gasteiger partial charge on any atom is -0.507 e. The van der Waals surface area contributed by atoms with Gasteiger partial charge in [0.15, 0.2) is 4.34 Å². The number of ether oxygens (including phenoxy) is 1. The number of hydrogen-bond acceptors (Lipinski definition) is 8. The molecule has 0 aliphatic carbocycles. The van der Waals surface area contributed by atoms with E-state index in [-0.39, 0.29) is 21.9 Å². The van der Waals surface area contributed by atoms with Crippen molar-refractivity contribution in [3.8, 4) is 5.75 Å². The number of aliphatic hydroxyl groups is 1. The van der Waals surface area contributed by atoms with Crippen LogP contribution in [0.1, 0.15) is 60.2 Å². The summed E-state index contributed by atoms with van der Waals surface area (Å²) < 4.78 is 6.60. The third kappa shape index (κ3) is 7.33. The number of carbonyl (C=O) groups excluding carboxylic acids is 2. The molecule has 1 atom stereocenters. The number of aliphatic hydroxyl groups excluding tert-OH is 1. The van der Waals surface area contributed by atoms with E-state index in [1.54, 1.807) is 24.3 Å². The molecule has 1 aromatic heterocycles. The lowest BCUT2D eigenvalue weighted by Crippen LogP contribution is -2.29. The van der Waals surface area contributed by atoms with E-state index in [2.05, 4.69) is 37.0 Å². The van der Waals surface area contributed by atoms with E-state index in [1.807, 2.05) is 73.7 Å². The van der Waals surface area contributed by atoms with Crippen molar-refractivity contribution < 1.29 is 19.4 Å². The van der Waals surface area contributed by atoms with Gasteiger partial charge in [0.2, 0.25) is 5.13 Å². The highest BCUT2D eigenvalue weighted by molar-refractivity contribution is 8.00. The van der Waals surface area contributed by atoms with Gasteiger partial charge in [-0.3, -0.25) is 14.5 Å². The van der Waals surface area contributed by atoms with Crippen LogP contribution in [0.3, 0.4) is 0 Å². The smallest absolute Gasteiger partial charge is 0.301 e. The van der Waals surface area contributed by atoms with Crippen LogP contribution in [0.25, 0.3) is 5.76 Å². The second-order valence-electron chi connectivity index (χ2n) is 12.6. The number of hydrogen-bond donors (Lipinski definition) is 1. The molecule has 244 valence electrons. The second kappa shape index (κ2) is 14.0. The molecular formula is C38H34ClN3O4S2. The summed E-state index contributed by atoms with van der Waals surface area (Å²) in [6.07, 6.45) is 0. The Labute approximate surface area is 293 Å². The molecular weight excluding hydrogens is 662 g/mol. The first-order valence-corrected chi connectivity index (χ1v) is 17.6. The highest BCUT2D eigenvalue weighted by Crippen LogP contribution is 2.44. The number of rotatable bonds is 9. The molecule has 1 saturated heterocycles. The van der Waals surface area contributed by atoms with Gasteiger partial charge < -0.3 is 9.84 Å². The SMILES string of the molecule is Cc1cccc(COc2ccc(/C(O)=C3\C(=O)C(=O)N(c4nnc(SCc5ccc(Cl)cc5)s4)C3c3ccc(C(C)(C)C)cc3)cc2)c1. The first kappa shape index (κ1) is 33.5. The van der Waals surface area contributed by atoms with Gasteiger partial charge in [-0.05, 0) is 71.0 Å². The van der Waals surface area contributed by atoms with Crippen molar-refractivity contribution >= 4 is 57.3 Å². The Kier molecular flexibility index (Phi) is 9.73. The van der Waals surface area contributed by atoms with E-state index in [4.69, 9.17) is 16.3 Å². The molecule has 0 saturated carbocycles. The number of halogens is 1. The molecule has 0 bridgehead atoms. The number of nitrogens with zero attached hydrogens (tertiary/aromatic N) is 3. The molecule has 0 spiro atoms. The first-order valence-electron chi connectivity index (χ1n) is 15.4. The minimum atomic E-state index is -0.904. The number of anilines is 1. The molecule has 1 fully saturated rings. The van der Waals surface area contributed by atoms with Crippen LogP contribution in [0.2, 0.25) is 5.02 Å². The molecule has 7 nitrogen and oxygen atoms in total. The van der Waals surface area contributed by atoms with Crippen LogP contribution in [0.4, 0.5) is 5.13 Å². The lowest BCUT2D eigenvalue weighted by molar-refractivity contribution is -0.132. The maximum absolute atomic E-state index is 13.7. The molecule has 1 aliphatic rings. The average molecular weight is 696 g/mol. The summed E-state index contributed by atoms with van der Waals surface area (Å²) in [5.41, 5.74) is 5.31. The first-order chi connectivity index (χ1) is 23.0. The highest BCUT2D eigenvalue weighted by Gasteiger charge is 2.48. The monoisotopic (exact) mass is 695 g/mol. The zero-order valence-corrected chi connectivity index (χ0v) is 29.3. The molecule has 1 N–H and O–H groups in total. The Hall–Kier alpha value is -4.44. The number of amides is 1. The third-order valence-electron chi connectivity index (χ3n) is 8.03. The maximum Gasteiger partial charge on any atom is 0.301 e. The van der Waals surface area contributed by atoms with Crippen LogP contribution in [0.15, 0.2) is 107 Å². The Morgan fingerprint density at radius 2 is 1.65 bits per heavy atom. The van der Waals surface area contributed by atoms with Gasteiger partial charge in [0.05, 0.1) is 11.6 Å². The fourth-order valence-electron chi connectivity index (χ4n) is 5.43. The second-order valence-corrected chi connectivity index (χ2v) is 15.2. The normalized spacial score (nSPS) is 16.0. The van der Waals surface area contributed by atoms with Crippen molar-refractivity contribution in [1.29, 1.82) is 0 Å². The van der Waals surface area contributed by atoms with Crippen LogP contribution in [-0.2, 0) is 27.4 Å². The molecule has 10 heteroatoms. The molecule has 0 radical (unpaired) electrons. The van der Waals surface area contributed by atoms with Crippen LogP contribution in [-0.4, -0.2) is 27.0 Å². The zero-order chi connectivity index (χ0) is 34.0. The van der Waals surface area contributed by atoms with Gasteiger partial charge in [-0.1, -0.05) is 122 Å². The topological polar surface area (TPSA) is 92.6 Å². The van der Waals surface area contributed by atoms with Crippen molar-refractivity contribution in [3.63, 3.8) is 0 Å². The average Bonchev–Trinajstić information content (AvgIpc) is 3.64. The Bertz CT molecular complexity index is 1980. The number of aromatic nitrogens is 2. The summed E-state index contributed by atoms with van der Waals surface area (Å²) in [4.78, 5) is 28.8. The highest BCUT2D eigenvalue weighted by atomic mass is 35.5. The van der Waals surface area contributed by atoms with Gasteiger partial charge in [-0.15, -0.1) is 10.2 Å². The van der Waals surface area contributed by atoms with E-state index >= 15 is 0 Å². The van der Waals surface area contributed by atoms with Gasteiger partial charge in [0.1, 0.15) is 18.1 Å². The molecule has 48 heavy (non-hydrogen) atoms. The summed E-state index contributed by atoms with van der Waals surface area (Å²) in [6.45, 7) is 8.78. The molecule has 1 unspecified atom stereocenters. The Morgan fingerprint density at radius 1 is 0.938 bits per heavy atom. The largest absolute Gasteiger partial charge is 0.507 e. The van der Waals surface area contributed by atoms with E-state index in [0.29, 0.717) is 38.6 Å². The van der Waals surface area contributed by atoms with Crippen LogP contribution in [0.5, 0.6) is 5.75 Å². The maximum atomic E-state index is 13.7. The van der Waals surface area contributed by atoms with E-state index < -0.39 is 17.7 Å². The Morgan fingerprint density at radius 3 is 2.31 bits per heavy atom. The van der Waals surface area contributed by atoms with Crippen molar-refractivity contribution in [1.82, 2.24) is 10.2 Å². The van der Waals surface area contributed by atoms with Gasteiger partial charge in [-0.25, -0.2) is 0 Å². The number of aryl methyl sites for hydroxylation is 1. The quantitative estimate of drug-likeness (QED) is 0.0540. The molecule has 6 rings (SSSR count). The summed E-state index contributed by atoms with van der Waals surface area (Å²) in [5, 5.41) is 21.2. The molecule has 5 aromatic rings.